The zero-order chi connectivity index (χ0) is 56.7. The van der Waals surface area contributed by atoms with Crippen LogP contribution in [-0.2, 0) is 29.1 Å². The van der Waals surface area contributed by atoms with Gasteiger partial charge in [-0.25, -0.2) is 0 Å². The van der Waals surface area contributed by atoms with Gasteiger partial charge in [-0.3, -0.25) is 19.2 Å². The molecule has 2 aliphatic heterocycles. The summed E-state index contributed by atoms with van der Waals surface area (Å²) in [5.41, 5.74) is 14.3. The molecule has 0 bridgehead atoms. The molecular formula is C73H70N6O4. The van der Waals surface area contributed by atoms with E-state index in [4.69, 9.17) is 0 Å². The average Bonchev–Trinajstić information content (AvgIpc) is 4.00. The van der Waals surface area contributed by atoms with E-state index in [1.807, 2.05) is 152 Å². The van der Waals surface area contributed by atoms with Gasteiger partial charge in [0.1, 0.15) is 0 Å². The first kappa shape index (κ1) is 55.4. The highest BCUT2D eigenvalue weighted by Gasteiger charge is 2.34. The molecule has 0 saturated carbocycles. The molecule has 4 N–H and O–H groups in total. The number of benzene rings is 9. The topological polar surface area (TPSA) is 123 Å². The maximum Gasteiger partial charge on any atom is 0.255 e. The lowest BCUT2D eigenvalue weighted by Crippen LogP contribution is -2.40. The highest BCUT2D eigenvalue weighted by atomic mass is 16.2. The fourth-order valence-electron chi connectivity index (χ4n) is 12.2. The van der Waals surface area contributed by atoms with Gasteiger partial charge in [0, 0.05) is 73.1 Å². The second-order valence-electron chi connectivity index (χ2n) is 21.9. The number of carbonyl (C=O) groups excluding carboxylic acids is 4. The largest absolute Gasteiger partial charge is 0.372 e. The Kier molecular flexibility index (Phi) is 17.9. The molecule has 2 fully saturated rings. The zero-order valence-electron chi connectivity index (χ0n) is 46.7. The van der Waals surface area contributed by atoms with Gasteiger partial charge in [-0.2, -0.15) is 0 Å². The van der Waals surface area contributed by atoms with E-state index in [2.05, 4.69) is 110 Å². The molecule has 4 amide bonds. The first-order valence-corrected chi connectivity index (χ1v) is 29.1. The van der Waals surface area contributed by atoms with Crippen molar-refractivity contribution in [3.63, 3.8) is 0 Å². The van der Waals surface area contributed by atoms with Crippen molar-refractivity contribution in [2.24, 2.45) is 11.8 Å². The second-order valence-corrected chi connectivity index (χ2v) is 21.9. The standard InChI is InChI=1S/C40H37N3O2.C33H33N3O2/c44-39(36-17-9-16-35-34-15-8-7-14-31(34)26-37(35)36)42-32-18-20-33(21-19-32)43-24-22-30(23-25-43)38(29-12-5-2-6-13-29)40(45)41-27-28-10-3-1-4-11-28;37-32(28-14-8-3-9-15-28)35-29-16-18-30(19-17-29)36-22-20-27(21-23-36)31(26-12-6-2-7-13-26)33(38)34-24-25-10-4-1-5-11-25/h1-21,30,38H,22-27H2,(H,41,45)(H,42,44);1-19,27,31H,20-24H2,(H,34,38)(H,35,37). The normalized spacial score (nSPS) is 14.6. The molecule has 2 atom stereocenters. The van der Waals surface area contributed by atoms with Gasteiger partial charge < -0.3 is 31.1 Å². The summed E-state index contributed by atoms with van der Waals surface area (Å²) in [6, 6.07) is 80.2. The van der Waals surface area contributed by atoms with Crippen LogP contribution in [0.3, 0.4) is 0 Å². The first-order chi connectivity index (χ1) is 40.8. The van der Waals surface area contributed by atoms with Crippen molar-refractivity contribution >= 4 is 46.4 Å². The van der Waals surface area contributed by atoms with Crippen LogP contribution in [0.2, 0.25) is 0 Å². The highest BCUT2D eigenvalue weighted by Crippen LogP contribution is 2.40. The number of carbonyl (C=O) groups is 4. The van der Waals surface area contributed by atoms with Crippen molar-refractivity contribution in [3.05, 3.63) is 287 Å². The molecular weight excluding hydrogens is 1020 g/mol. The maximum atomic E-state index is 13.6. The van der Waals surface area contributed by atoms with Crippen LogP contribution in [0.1, 0.15) is 91.6 Å². The van der Waals surface area contributed by atoms with E-state index in [9.17, 15) is 19.2 Å². The fraction of sp³-hybridized carbons (Fsp3) is 0.205. The summed E-state index contributed by atoms with van der Waals surface area (Å²) >= 11 is 0. The number of nitrogens with zero attached hydrogens (tertiary/aromatic N) is 2. The molecule has 2 heterocycles. The molecule has 10 nitrogen and oxygen atoms in total. The second kappa shape index (κ2) is 26.8. The minimum Gasteiger partial charge on any atom is -0.372 e. The molecule has 3 aliphatic rings. The maximum absolute atomic E-state index is 13.6. The predicted octanol–water partition coefficient (Wildman–Crippen LogP) is 14.1. The summed E-state index contributed by atoms with van der Waals surface area (Å²) in [5, 5.41) is 12.5. The number of anilines is 4. The Morgan fingerprint density at radius 2 is 0.795 bits per heavy atom. The van der Waals surface area contributed by atoms with E-state index >= 15 is 0 Å². The van der Waals surface area contributed by atoms with Crippen molar-refractivity contribution < 1.29 is 19.2 Å². The van der Waals surface area contributed by atoms with E-state index in [0.29, 0.717) is 18.7 Å². The Morgan fingerprint density at radius 1 is 0.398 bits per heavy atom. The molecule has 2 saturated heterocycles. The highest BCUT2D eigenvalue weighted by molar-refractivity contribution is 6.07. The van der Waals surface area contributed by atoms with Gasteiger partial charge in [0.25, 0.3) is 11.8 Å². The summed E-state index contributed by atoms with van der Waals surface area (Å²) in [7, 11) is 0. The van der Waals surface area contributed by atoms with Crippen LogP contribution in [0.15, 0.2) is 243 Å². The lowest BCUT2D eigenvalue weighted by Gasteiger charge is -2.37. The lowest BCUT2D eigenvalue weighted by atomic mass is 9.79. The molecule has 2 unspecified atom stereocenters. The minimum absolute atomic E-state index is 0.0780. The van der Waals surface area contributed by atoms with E-state index in [0.717, 1.165) is 120 Å². The van der Waals surface area contributed by atoms with Crippen LogP contribution in [-0.4, -0.2) is 49.8 Å². The van der Waals surface area contributed by atoms with E-state index in [1.54, 1.807) is 12.1 Å². The molecule has 416 valence electrons. The predicted molar refractivity (Wildman–Crippen MR) is 335 cm³/mol. The third-order valence-electron chi connectivity index (χ3n) is 16.6. The van der Waals surface area contributed by atoms with Gasteiger partial charge in [0.2, 0.25) is 11.8 Å². The van der Waals surface area contributed by atoms with E-state index in [1.165, 1.54) is 11.1 Å². The smallest absolute Gasteiger partial charge is 0.255 e. The quantitative estimate of drug-likeness (QED) is 0.0764. The summed E-state index contributed by atoms with van der Waals surface area (Å²) < 4.78 is 0. The van der Waals surface area contributed by atoms with Crippen molar-refractivity contribution in [1.82, 2.24) is 10.6 Å². The third-order valence-corrected chi connectivity index (χ3v) is 16.6. The minimum atomic E-state index is -0.179. The Bertz CT molecular complexity index is 3590. The third kappa shape index (κ3) is 13.8. The molecule has 9 aromatic rings. The monoisotopic (exact) mass is 1090 g/mol. The van der Waals surface area contributed by atoms with Gasteiger partial charge >= 0.3 is 0 Å². The lowest BCUT2D eigenvalue weighted by molar-refractivity contribution is -0.125. The number of nitrogens with one attached hydrogen (secondary N) is 4. The zero-order valence-corrected chi connectivity index (χ0v) is 46.7. The Balaban J connectivity index is 0.000000176. The van der Waals surface area contributed by atoms with Gasteiger partial charge in [-0.15, -0.1) is 0 Å². The number of hydrogen-bond acceptors (Lipinski definition) is 6. The number of rotatable bonds is 16. The molecule has 0 aromatic heterocycles. The Morgan fingerprint density at radius 3 is 1.27 bits per heavy atom. The van der Waals surface area contributed by atoms with E-state index in [-0.39, 0.29) is 47.3 Å². The summed E-state index contributed by atoms with van der Waals surface area (Å²) in [6.07, 6.45) is 4.51. The summed E-state index contributed by atoms with van der Waals surface area (Å²) in [5.74, 6) is 0.182. The van der Waals surface area contributed by atoms with Crippen LogP contribution in [0.25, 0.3) is 11.1 Å². The molecule has 12 rings (SSSR count). The van der Waals surface area contributed by atoms with Crippen LogP contribution in [0.4, 0.5) is 22.7 Å². The van der Waals surface area contributed by atoms with Crippen LogP contribution in [0, 0.1) is 11.8 Å². The molecule has 9 aromatic carbocycles. The van der Waals surface area contributed by atoms with Gasteiger partial charge in [-0.05, 0) is 155 Å². The van der Waals surface area contributed by atoms with Crippen molar-refractivity contribution in [2.45, 2.75) is 57.0 Å². The number of amides is 4. The molecule has 0 spiro atoms. The van der Waals surface area contributed by atoms with E-state index < -0.39 is 0 Å². The first-order valence-electron chi connectivity index (χ1n) is 29.1. The van der Waals surface area contributed by atoms with Crippen LogP contribution in [0.5, 0.6) is 0 Å². The van der Waals surface area contributed by atoms with Crippen LogP contribution >= 0.6 is 0 Å². The van der Waals surface area contributed by atoms with Crippen LogP contribution < -0.4 is 31.1 Å². The van der Waals surface area contributed by atoms with Crippen molar-refractivity contribution in [2.75, 3.05) is 46.6 Å². The summed E-state index contributed by atoms with van der Waals surface area (Å²) in [6.45, 7) is 4.59. The number of piperidine rings is 2. The summed E-state index contributed by atoms with van der Waals surface area (Å²) in [4.78, 5) is 57.5. The van der Waals surface area contributed by atoms with Gasteiger partial charge in [0.15, 0.2) is 0 Å². The fourth-order valence-corrected chi connectivity index (χ4v) is 12.2. The number of fused-ring (bicyclic) bond motifs is 3. The Hall–Kier alpha value is -9.54. The molecule has 0 radical (unpaired) electrons. The molecule has 10 heteroatoms. The SMILES string of the molecule is O=C(Nc1ccc(N2CCC(C(C(=O)NCc3ccccc3)c3ccccc3)CC2)cc1)c1cccc2c1Cc1ccccc1-2.O=C(Nc1ccc(N2CCC(C(C(=O)NCc3ccccc3)c3ccccc3)CC2)cc1)c1ccccc1. The van der Waals surface area contributed by atoms with Crippen molar-refractivity contribution in [1.29, 1.82) is 0 Å². The average molecular weight is 1100 g/mol. The van der Waals surface area contributed by atoms with Gasteiger partial charge in [-0.1, -0.05) is 176 Å². The van der Waals surface area contributed by atoms with Gasteiger partial charge in [0.05, 0.1) is 11.8 Å². The Labute approximate surface area is 487 Å². The molecule has 83 heavy (non-hydrogen) atoms. The molecule has 1 aliphatic carbocycles. The van der Waals surface area contributed by atoms with Crippen molar-refractivity contribution in [3.8, 4) is 11.1 Å². The number of hydrogen-bond donors (Lipinski definition) is 4.